The van der Waals surface area contributed by atoms with Crippen molar-refractivity contribution in [1.29, 1.82) is 0 Å². The SMILES string of the molecule is O=[N+]([O-])c1ccc(N(Cc2cccs2)C2CC2)cc1CO. The second-order valence-electron chi connectivity index (χ2n) is 5.17. The van der Waals surface area contributed by atoms with Gasteiger partial charge in [-0.15, -0.1) is 11.3 Å². The first-order valence-electron chi connectivity index (χ1n) is 6.86. The number of aliphatic hydroxyl groups is 1. The van der Waals surface area contributed by atoms with Crippen LogP contribution in [0.5, 0.6) is 0 Å². The van der Waals surface area contributed by atoms with Crippen LogP contribution in [0.4, 0.5) is 11.4 Å². The highest BCUT2D eigenvalue weighted by atomic mass is 32.1. The van der Waals surface area contributed by atoms with Crippen molar-refractivity contribution >= 4 is 22.7 Å². The lowest BCUT2D eigenvalue weighted by Crippen LogP contribution is -2.24. The second-order valence-corrected chi connectivity index (χ2v) is 6.20. The highest BCUT2D eigenvalue weighted by Gasteiger charge is 2.30. The molecule has 1 aliphatic rings. The lowest BCUT2D eigenvalue weighted by atomic mass is 10.1. The van der Waals surface area contributed by atoms with Gasteiger partial charge in [-0.3, -0.25) is 10.1 Å². The van der Waals surface area contributed by atoms with Gasteiger partial charge in [0.05, 0.1) is 23.6 Å². The predicted molar refractivity (Wildman–Crippen MR) is 82.5 cm³/mol. The molecule has 0 atom stereocenters. The first-order chi connectivity index (χ1) is 10.2. The third-order valence-electron chi connectivity index (χ3n) is 3.66. The first kappa shape index (κ1) is 14.0. The summed E-state index contributed by atoms with van der Waals surface area (Å²) in [4.78, 5) is 14.0. The van der Waals surface area contributed by atoms with Crippen LogP contribution in [0.1, 0.15) is 23.3 Å². The number of thiophene rings is 1. The largest absolute Gasteiger partial charge is 0.391 e. The molecule has 1 aliphatic carbocycles. The zero-order valence-electron chi connectivity index (χ0n) is 11.4. The van der Waals surface area contributed by atoms with Crippen LogP contribution in [0.2, 0.25) is 0 Å². The van der Waals surface area contributed by atoms with Crippen LogP contribution >= 0.6 is 11.3 Å². The van der Waals surface area contributed by atoms with Crippen LogP contribution < -0.4 is 4.90 Å². The molecule has 1 heterocycles. The Morgan fingerprint density at radius 3 is 2.76 bits per heavy atom. The number of aliphatic hydroxyl groups excluding tert-OH is 1. The molecular weight excluding hydrogens is 288 g/mol. The van der Waals surface area contributed by atoms with Crippen LogP contribution in [0.15, 0.2) is 35.7 Å². The average Bonchev–Trinajstić information content (AvgIpc) is 3.20. The molecule has 0 amide bonds. The number of nitro groups is 1. The number of hydrogen-bond donors (Lipinski definition) is 1. The van der Waals surface area contributed by atoms with Gasteiger partial charge in [-0.25, -0.2) is 0 Å². The molecule has 110 valence electrons. The maximum Gasteiger partial charge on any atom is 0.275 e. The fourth-order valence-electron chi connectivity index (χ4n) is 2.44. The van der Waals surface area contributed by atoms with Crippen LogP contribution in [0.3, 0.4) is 0 Å². The Balaban J connectivity index is 1.90. The van der Waals surface area contributed by atoms with E-state index in [1.807, 2.05) is 6.07 Å². The van der Waals surface area contributed by atoms with Gasteiger partial charge in [0, 0.05) is 22.7 Å². The van der Waals surface area contributed by atoms with Crippen molar-refractivity contribution in [3.05, 3.63) is 56.3 Å². The Bertz CT molecular complexity index is 638. The molecule has 3 rings (SSSR count). The number of benzene rings is 1. The van der Waals surface area contributed by atoms with Gasteiger partial charge in [0.2, 0.25) is 0 Å². The van der Waals surface area contributed by atoms with E-state index in [0.29, 0.717) is 11.6 Å². The summed E-state index contributed by atoms with van der Waals surface area (Å²) in [5.74, 6) is 0. The van der Waals surface area contributed by atoms with Gasteiger partial charge in [-0.05, 0) is 36.4 Å². The van der Waals surface area contributed by atoms with Gasteiger partial charge >= 0.3 is 0 Å². The summed E-state index contributed by atoms with van der Waals surface area (Å²) in [6, 6.07) is 9.64. The van der Waals surface area contributed by atoms with Crippen molar-refractivity contribution in [3.63, 3.8) is 0 Å². The minimum atomic E-state index is -0.448. The molecule has 21 heavy (non-hydrogen) atoms. The number of rotatable bonds is 6. The predicted octanol–water partition coefficient (Wildman–Crippen LogP) is 3.32. The zero-order valence-corrected chi connectivity index (χ0v) is 12.3. The first-order valence-corrected chi connectivity index (χ1v) is 7.74. The quantitative estimate of drug-likeness (QED) is 0.656. The van der Waals surface area contributed by atoms with E-state index in [1.165, 1.54) is 10.9 Å². The fourth-order valence-corrected chi connectivity index (χ4v) is 3.15. The van der Waals surface area contributed by atoms with Crippen LogP contribution in [0, 0.1) is 10.1 Å². The van der Waals surface area contributed by atoms with Gasteiger partial charge in [-0.2, -0.15) is 0 Å². The summed E-state index contributed by atoms with van der Waals surface area (Å²) < 4.78 is 0. The molecule has 0 bridgehead atoms. The summed E-state index contributed by atoms with van der Waals surface area (Å²) in [5.41, 5.74) is 1.29. The van der Waals surface area contributed by atoms with Crippen molar-refractivity contribution in [3.8, 4) is 0 Å². The van der Waals surface area contributed by atoms with Crippen molar-refractivity contribution < 1.29 is 10.0 Å². The summed E-state index contributed by atoms with van der Waals surface area (Å²) in [6.45, 7) is 0.493. The normalized spacial score (nSPS) is 14.1. The molecule has 1 fully saturated rings. The van der Waals surface area contributed by atoms with Gasteiger partial charge in [0.25, 0.3) is 5.69 Å². The molecule has 0 aliphatic heterocycles. The van der Waals surface area contributed by atoms with E-state index in [4.69, 9.17) is 0 Å². The third-order valence-corrected chi connectivity index (χ3v) is 4.52. The number of nitro benzene ring substituents is 1. The summed E-state index contributed by atoms with van der Waals surface area (Å²) in [6.07, 6.45) is 2.30. The van der Waals surface area contributed by atoms with Crippen LogP contribution in [-0.4, -0.2) is 16.1 Å². The Morgan fingerprint density at radius 2 is 2.19 bits per heavy atom. The number of anilines is 1. The van der Waals surface area contributed by atoms with Gasteiger partial charge in [0.15, 0.2) is 0 Å². The van der Waals surface area contributed by atoms with E-state index in [0.717, 1.165) is 25.1 Å². The van der Waals surface area contributed by atoms with Gasteiger partial charge < -0.3 is 10.0 Å². The average molecular weight is 304 g/mol. The molecule has 0 unspecified atom stereocenters. The highest BCUT2D eigenvalue weighted by molar-refractivity contribution is 7.09. The van der Waals surface area contributed by atoms with E-state index in [9.17, 15) is 15.2 Å². The number of nitrogens with zero attached hydrogens (tertiary/aromatic N) is 2. The van der Waals surface area contributed by atoms with E-state index in [1.54, 1.807) is 23.5 Å². The standard InChI is InChI=1S/C15H16N2O3S/c18-10-11-8-13(5-6-15(11)17(19)20)16(12-3-4-12)9-14-2-1-7-21-14/h1-2,5-8,12,18H,3-4,9-10H2. The Labute approximate surface area is 126 Å². The maximum atomic E-state index is 10.9. The minimum Gasteiger partial charge on any atom is -0.391 e. The molecule has 0 spiro atoms. The summed E-state index contributed by atoms with van der Waals surface area (Å²) in [5, 5.41) is 22.4. The van der Waals surface area contributed by atoms with Crippen molar-refractivity contribution in [2.24, 2.45) is 0 Å². The molecule has 1 saturated carbocycles. The zero-order chi connectivity index (χ0) is 14.8. The maximum absolute atomic E-state index is 10.9. The highest BCUT2D eigenvalue weighted by Crippen LogP contribution is 2.35. The van der Waals surface area contributed by atoms with Crippen LogP contribution in [0.25, 0.3) is 0 Å². The molecule has 1 N–H and O–H groups in total. The van der Waals surface area contributed by atoms with Crippen molar-refractivity contribution in [1.82, 2.24) is 0 Å². The van der Waals surface area contributed by atoms with Crippen LogP contribution in [-0.2, 0) is 13.2 Å². The van der Waals surface area contributed by atoms with Crippen molar-refractivity contribution in [2.45, 2.75) is 32.0 Å². The lowest BCUT2D eigenvalue weighted by Gasteiger charge is -2.24. The Kier molecular flexibility index (Phi) is 3.90. The Morgan fingerprint density at radius 1 is 1.38 bits per heavy atom. The summed E-state index contributed by atoms with van der Waals surface area (Å²) >= 11 is 1.71. The molecular formula is C15H16N2O3S. The monoisotopic (exact) mass is 304 g/mol. The molecule has 0 radical (unpaired) electrons. The van der Waals surface area contributed by atoms with Gasteiger partial charge in [-0.1, -0.05) is 6.07 Å². The summed E-state index contributed by atoms with van der Waals surface area (Å²) in [7, 11) is 0. The molecule has 1 aromatic carbocycles. The topological polar surface area (TPSA) is 66.6 Å². The Hall–Kier alpha value is -1.92. The third kappa shape index (κ3) is 3.06. The smallest absolute Gasteiger partial charge is 0.275 e. The van der Waals surface area contributed by atoms with E-state index in [-0.39, 0.29) is 12.3 Å². The van der Waals surface area contributed by atoms with Crippen molar-refractivity contribution in [2.75, 3.05) is 4.90 Å². The van der Waals surface area contributed by atoms with E-state index < -0.39 is 4.92 Å². The van der Waals surface area contributed by atoms with E-state index in [2.05, 4.69) is 16.3 Å². The lowest BCUT2D eigenvalue weighted by molar-refractivity contribution is -0.385. The molecule has 6 heteroatoms. The molecule has 1 aromatic heterocycles. The van der Waals surface area contributed by atoms with E-state index >= 15 is 0 Å². The number of hydrogen-bond acceptors (Lipinski definition) is 5. The fraction of sp³-hybridized carbons (Fsp3) is 0.333. The van der Waals surface area contributed by atoms with Gasteiger partial charge in [0.1, 0.15) is 0 Å². The molecule has 5 nitrogen and oxygen atoms in total. The second kappa shape index (κ2) is 5.83. The minimum absolute atomic E-state index is 0.0203. The molecule has 0 saturated heterocycles. The molecule has 2 aromatic rings.